The number of benzene rings is 2. The number of amides is 1. The summed E-state index contributed by atoms with van der Waals surface area (Å²) in [7, 11) is -1.88. The Balaban J connectivity index is 1.36. The first-order valence-corrected chi connectivity index (χ1v) is 12.8. The molecule has 33 heavy (non-hydrogen) atoms. The number of hydrogen-bond acceptors (Lipinski definition) is 8. The molecule has 2 heterocycles. The summed E-state index contributed by atoms with van der Waals surface area (Å²) in [5.74, 6) is 0.246. The summed E-state index contributed by atoms with van der Waals surface area (Å²) >= 11 is 6.57. The minimum atomic E-state index is -3.96. The van der Waals surface area contributed by atoms with Crippen LogP contribution < -0.4 is 14.8 Å². The lowest BCUT2D eigenvalue weighted by Gasteiger charge is -2.29. The molecule has 1 aliphatic heterocycles. The maximum atomic E-state index is 12.7. The van der Waals surface area contributed by atoms with E-state index in [0.29, 0.717) is 22.0 Å². The van der Waals surface area contributed by atoms with Gasteiger partial charge in [-0.1, -0.05) is 22.9 Å². The third-order valence-electron chi connectivity index (χ3n) is 5.04. The zero-order valence-corrected chi connectivity index (χ0v) is 20.1. The second-order valence-electron chi connectivity index (χ2n) is 7.58. The number of anilines is 2. The van der Waals surface area contributed by atoms with Crippen LogP contribution in [0, 0.1) is 0 Å². The average Bonchev–Trinajstić information content (AvgIpc) is 3.26. The van der Waals surface area contributed by atoms with Crippen LogP contribution in [0.1, 0.15) is 23.2 Å². The van der Waals surface area contributed by atoms with Gasteiger partial charge in [0.05, 0.1) is 0 Å². The fourth-order valence-corrected chi connectivity index (χ4v) is 5.32. The van der Waals surface area contributed by atoms with Crippen molar-refractivity contribution in [1.29, 1.82) is 0 Å². The molecule has 0 radical (unpaired) electrons. The van der Waals surface area contributed by atoms with Crippen molar-refractivity contribution in [2.75, 3.05) is 30.2 Å². The van der Waals surface area contributed by atoms with E-state index in [1.54, 1.807) is 48.5 Å². The summed E-state index contributed by atoms with van der Waals surface area (Å²) in [5, 5.41) is 10.6. The lowest BCUT2D eigenvalue weighted by molar-refractivity contribution is 0.102. The van der Waals surface area contributed by atoms with Gasteiger partial charge in [-0.15, -0.1) is 10.2 Å². The molecule has 0 bridgehead atoms. The zero-order valence-electron chi connectivity index (χ0n) is 17.7. The van der Waals surface area contributed by atoms with E-state index in [-0.39, 0.29) is 15.6 Å². The molecule has 3 aromatic rings. The Bertz CT molecular complexity index is 1210. The molecular weight excluding hydrogens is 486 g/mol. The predicted octanol–water partition coefficient (Wildman–Crippen LogP) is 3.72. The minimum Gasteiger partial charge on any atom is -0.490 e. The van der Waals surface area contributed by atoms with Crippen LogP contribution in [-0.4, -0.2) is 55.7 Å². The standard InChI is InChI=1S/C21H22ClN5O4S2/c1-27-12-10-18(11-13-27)31-17-8-6-16(7-9-17)26-33(29,30)21-25-24-20(32-21)23-19(28)14-2-4-15(22)5-3-14/h2-9,18,26H,10-13H2,1H3,(H,23,24,28). The number of rotatable bonds is 7. The number of hydrogen-bond donors (Lipinski definition) is 2. The lowest BCUT2D eigenvalue weighted by atomic mass is 10.1. The van der Waals surface area contributed by atoms with Crippen molar-refractivity contribution in [2.45, 2.75) is 23.3 Å². The monoisotopic (exact) mass is 507 g/mol. The van der Waals surface area contributed by atoms with E-state index in [9.17, 15) is 13.2 Å². The molecule has 174 valence electrons. The molecule has 0 spiro atoms. The van der Waals surface area contributed by atoms with E-state index in [4.69, 9.17) is 16.3 Å². The van der Waals surface area contributed by atoms with Gasteiger partial charge in [-0.3, -0.25) is 14.8 Å². The molecule has 0 atom stereocenters. The van der Waals surface area contributed by atoms with Crippen molar-refractivity contribution in [3.63, 3.8) is 0 Å². The second kappa shape index (κ2) is 10.0. The van der Waals surface area contributed by atoms with E-state index in [2.05, 4.69) is 32.2 Å². The Kier molecular flexibility index (Phi) is 7.13. The van der Waals surface area contributed by atoms with Crippen molar-refractivity contribution in [1.82, 2.24) is 15.1 Å². The number of nitrogens with zero attached hydrogens (tertiary/aromatic N) is 3. The van der Waals surface area contributed by atoms with Gasteiger partial charge in [0.25, 0.3) is 20.3 Å². The molecule has 1 aliphatic rings. The van der Waals surface area contributed by atoms with E-state index in [1.807, 2.05) is 0 Å². The van der Waals surface area contributed by atoms with Gasteiger partial charge in [-0.25, -0.2) is 0 Å². The molecule has 9 nitrogen and oxygen atoms in total. The molecule has 12 heteroatoms. The Hall–Kier alpha value is -2.73. The van der Waals surface area contributed by atoms with Crippen molar-refractivity contribution < 1.29 is 17.9 Å². The molecule has 0 unspecified atom stereocenters. The van der Waals surface area contributed by atoms with Crippen LogP contribution in [0.2, 0.25) is 5.02 Å². The van der Waals surface area contributed by atoms with Crippen molar-refractivity contribution in [2.24, 2.45) is 0 Å². The van der Waals surface area contributed by atoms with Crippen molar-refractivity contribution >= 4 is 49.7 Å². The largest absolute Gasteiger partial charge is 0.490 e. The highest BCUT2D eigenvalue weighted by Crippen LogP contribution is 2.25. The number of halogens is 1. The van der Waals surface area contributed by atoms with Gasteiger partial charge in [0.2, 0.25) is 5.13 Å². The Labute approximate surface area is 200 Å². The van der Waals surface area contributed by atoms with E-state index in [1.165, 1.54) is 0 Å². The Morgan fingerprint density at radius 3 is 2.42 bits per heavy atom. The summed E-state index contributed by atoms with van der Waals surface area (Å²) in [4.78, 5) is 14.5. The normalized spacial score (nSPS) is 15.2. The summed E-state index contributed by atoms with van der Waals surface area (Å²) in [6, 6.07) is 13.0. The van der Waals surface area contributed by atoms with E-state index < -0.39 is 15.9 Å². The van der Waals surface area contributed by atoms with Crippen LogP contribution >= 0.6 is 22.9 Å². The lowest BCUT2D eigenvalue weighted by Crippen LogP contribution is -2.35. The SMILES string of the molecule is CN1CCC(Oc2ccc(NS(=O)(=O)c3nnc(NC(=O)c4ccc(Cl)cc4)s3)cc2)CC1. The fourth-order valence-electron chi connectivity index (χ4n) is 3.23. The third-order valence-corrected chi connectivity index (χ3v) is 7.88. The number of likely N-dealkylation sites (tertiary alicyclic amines) is 1. The van der Waals surface area contributed by atoms with Gasteiger partial charge < -0.3 is 9.64 Å². The number of piperidine rings is 1. The van der Waals surface area contributed by atoms with E-state index >= 15 is 0 Å². The number of carbonyl (C=O) groups excluding carboxylic acids is 1. The topological polar surface area (TPSA) is 114 Å². The molecule has 1 fully saturated rings. The maximum absolute atomic E-state index is 12.7. The molecule has 4 rings (SSSR count). The Morgan fingerprint density at radius 2 is 1.76 bits per heavy atom. The van der Waals surface area contributed by atoms with Gasteiger partial charge in [-0.05, 0) is 68.4 Å². The highest BCUT2D eigenvalue weighted by atomic mass is 35.5. The smallest absolute Gasteiger partial charge is 0.291 e. The van der Waals surface area contributed by atoms with Crippen LogP contribution in [0.4, 0.5) is 10.8 Å². The minimum absolute atomic E-state index is 0.0669. The van der Waals surface area contributed by atoms with Gasteiger partial charge in [-0.2, -0.15) is 8.42 Å². The van der Waals surface area contributed by atoms with Crippen LogP contribution in [0.25, 0.3) is 0 Å². The number of carbonyl (C=O) groups is 1. The van der Waals surface area contributed by atoms with E-state index in [0.717, 1.165) is 37.3 Å². The zero-order chi connectivity index (χ0) is 23.4. The first-order valence-electron chi connectivity index (χ1n) is 10.2. The number of nitrogens with one attached hydrogen (secondary N) is 2. The molecular formula is C21H22ClN5O4S2. The van der Waals surface area contributed by atoms with Crippen LogP contribution in [-0.2, 0) is 10.0 Å². The molecule has 1 saturated heterocycles. The van der Waals surface area contributed by atoms with Crippen LogP contribution in [0.5, 0.6) is 5.75 Å². The fraction of sp³-hybridized carbons (Fsp3) is 0.286. The second-order valence-corrected chi connectivity index (χ2v) is 10.9. The van der Waals surface area contributed by atoms with Gasteiger partial charge in [0, 0.05) is 29.4 Å². The summed E-state index contributed by atoms with van der Waals surface area (Å²) in [6.07, 6.45) is 2.07. The maximum Gasteiger partial charge on any atom is 0.291 e. The quantitative estimate of drug-likeness (QED) is 0.468. The summed E-state index contributed by atoms with van der Waals surface area (Å²) in [5.41, 5.74) is 0.729. The molecule has 2 aromatic carbocycles. The average molecular weight is 508 g/mol. The van der Waals surface area contributed by atoms with Crippen LogP contribution in [0.15, 0.2) is 52.9 Å². The number of ether oxygens (including phenoxy) is 1. The summed E-state index contributed by atoms with van der Waals surface area (Å²) < 4.78 is 33.5. The number of sulfonamides is 1. The van der Waals surface area contributed by atoms with Crippen LogP contribution in [0.3, 0.4) is 0 Å². The van der Waals surface area contributed by atoms with Gasteiger partial charge in [0.1, 0.15) is 11.9 Å². The van der Waals surface area contributed by atoms with Crippen molar-refractivity contribution in [3.8, 4) is 5.75 Å². The Morgan fingerprint density at radius 1 is 1.09 bits per heavy atom. The number of aromatic nitrogens is 2. The first-order chi connectivity index (χ1) is 15.8. The molecule has 2 N–H and O–H groups in total. The first kappa shape index (κ1) is 23.4. The highest BCUT2D eigenvalue weighted by Gasteiger charge is 2.22. The predicted molar refractivity (Wildman–Crippen MR) is 128 cm³/mol. The van der Waals surface area contributed by atoms with Gasteiger partial charge >= 0.3 is 0 Å². The highest BCUT2D eigenvalue weighted by molar-refractivity contribution is 7.94. The molecule has 0 aliphatic carbocycles. The summed E-state index contributed by atoms with van der Waals surface area (Å²) in [6.45, 7) is 1.99. The van der Waals surface area contributed by atoms with Crippen molar-refractivity contribution in [3.05, 3.63) is 59.1 Å². The third kappa shape index (κ3) is 6.20. The molecule has 1 aromatic heterocycles. The van der Waals surface area contributed by atoms with Gasteiger partial charge in [0.15, 0.2) is 0 Å². The molecule has 1 amide bonds. The molecule has 0 saturated carbocycles.